The number of hydrogen-bond donors (Lipinski definition) is 2. The Labute approximate surface area is 96.2 Å². The van der Waals surface area contributed by atoms with E-state index in [1.54, 1.807) is 0 Å². The van der Waals surface area contributed by atoms with Crippen LogP contribution in [0.5, 0.6) is 5.75 Å². The summed E-state index contributed by atoms with van der Waals surface area (Å²) >= 11 is 0. The molecule has 1 aliphatic rings. The first-order valence-corrected chi connectivity index (χ1v) is 5.71. The molecule has 1 aromatic rings. The van der Waals surface area contributed by atoms with E-state index in [2.05, 4.69) is 6.92 Å². The number of ether oxygens (including phenoxy) is 1. The number of aliphatic hydroxyl groups excluding tert-OH is 1. The van der Waals surface area contributed by atoms with Gasteiger partial charge in [-0.1, -0.05) is 19.1 Å². The Hall–Kier alpha value is -1.06. The zero-order valence-corrected chi connectivity index (χ0v) is 10.0. The molecule has 0 saturated carbocycles. The Bertz CT molecular complexity index is 401. The monoisotopic (exact) mass is 221 g/mol. The fraction of sp³-hybridized carbons (Fsp3) is 0.538. The fourth-order valence-electron chi connectivity index (χ4n) is 2.12. The Kier molecular flexibility index (Phi) is 2.68. The maximum atomic E-state index is 10.1. The maximum absolute atomic E-state index is 10.1. The molecule has 16 heavy (non-hydrogen) atoms. The van der Waals surface area contributed by atoms with Crippen LogP contribution in [0.15, 0.2) is 18.2 Å². The molecule has 0 bridgehead atoms. The maximum Gasteiger partial charge on any atom is 0.131 e. The van der Waals surface area contributed by atoms with Crippen LogP contribution < -0.4 is 10.5 Å². The van der Waals surface area contributed by atoms with Crippen molar-refractivity contribution < 1.29 is 9.84 Å². The smallest absolute Gasteiger partial charge is 0.131 e. The van der Waals surface area contributed by atoms with Crippen molar-refractivity contribution in [3.8, 4) is 5.75 Å². The standard InChI is InChI=1S/C13H19NO2/c1-4-8-5-6-10-9(7-8)11(14)12(15)13(2,3)16-10/h5-7,11-12,15H,4,14H2,1-3H3. The molecule has 0 amide bonds. The van der Waals surface area contributed by atoms with Crippen LogP contribution >= 0.6 is 0 Å². The zero-order valence-electron chi connectivity index (χ0n) is 10.0. The molecule has 3 nitrogen and oxygen atoms in total. The van der Waals surface area contributed by atoms with Gasteiger partial charge in [0.05, 0.1) is 6.04 Å². The largest absolute Gasteiger partial charge is 0.485 e. The third-order valence-electron chi connectivity index (χ3n) is 3.27. The number of rotatable bonds is 1. The van der Waals surface area contributed by atoms with Gasteiger partial charge in [0.25, 0.3) is 0 Å². The minimum atomic E-state index is -0.674. The van der Waals surface area contributed by atoms with Crippen LogP contribution in [0.25, 0.3) is 0 Å². The molecule has 0 saturated heterocycles. The van der Waals surface area contributed by atoms with E-state index in [0.29, 0.717) is 0 Å². The van der Waals surface area contributed by atoms with E-state index in [0.717, 1.165) is 17.7 Å². The van der Waals surface area contributed by atoms with Crippen LogP contribution in [0.3, 0.4) is 0 Å². The summed E-state index contributed by atoms with van der Waals surface area (Å²) in [7, 11) is 0. The first kappa shape index (κ1) is 11.4. The van der Waals surface area contributed by atoms with Gasteiger partial charge in [0.2, 0.25) is 0 Å². The van der Waals surface area contributed by atoms with E-state index in [1.165, 1.54) is 5.56 Å². The number of benzene rings is 1. The lowest BCUT2D eigenvalue weighted by atomic mass is 9.86. The quantitative estimate of drug-likeness (QED) is 0.760. The molecule has 2 unspecified atom stereocenters. The highest BCUT2D eigenvalue weighted by atomic mass is 16.5. The molecule has 0 spiro atoms. The Balaban J connectivity index is 2.47. The summed E-state index contributed by atoms with van der Waals surface area (Å²) in [6.45, 7) is 5.81. The van der Waals surface area contributed by atoms with Crippen molar-refractivity contribution in [3.63, 3.8) is 0 Å². The molecule has 2 atom stereocenters. The third-order valence-corrected chi connectivity index (χ3v) is 3.27. The molecule has 1 heterocycles. The van der Waals surface area contributed by atoms with Gasteiger partial charge in [-0.2, -0.15) is 0 Å². The predicted molar refractivity (Wildman–Crippen MR) is 63.5 cm³/mol. The van der Waals surface area contributed by atoms with Crippen LogP contribution in [0.4, 0.5) is 0 Å². The number of aliphatic hydroxyl groups is 1. The molecule has 3 heteroatoms. The minimum absolute atomic E-state index is 0.370. The van der Waals surface area contributed by atoms with Crippen LogP contribution in [-0.4, -0.2) is 16.8 Å². The number of nitrogens with two attached hydrogens (primary N) is 1. The molecular weight excluding hydrogens is 202 g/mol. The van der Waals surface area contributed by atoms with Gasteiger partial charge in [0.1, 0.15) is 17.5 Å². The van der Waals surface area contributed by atoms with E-state index in [-0.39, 0.29) is 6.04 Å². The summed E-state index contributed by atoms with van der Waals surface area (Å²) in [5, 5.41) is 10.1. The van der Waals surface area contributed by atoms with Gasteiger partial charge >= 0.3 is 0 Å². The average Bonchev–Trinajstić information content (AvgIpc) is 2.25. The topological polar surface area (TPSA) is 55.5 Å². The molecule has 3 N–H and O–H groups in total. The molecular formula is C13H19NO2. The number of fused-ring (bicyclic) bond motifs is 1. The lowest BCUT2D eigenvalue weighted by molar-refractivity contribution is -0.0572. The minimum Gasteiger partial charge on any atom is -0.485 e. The van der Waals surface area contributed by atoms with Crippen molar-refractivity contribution in [2.45, 2.75) is 44.9 Å². The summed E-state index contributed by atoms with van der Waals surface area (Å²) in [6.07, 6.45) is 0.284. The predicted octanol–water partition coefficient (Wildman–Crippen LogP) is 1.78. The highest BCUT2D eigenvalue weighted by molar-refractivity contribution is 5.42. The van der Waals surface area contributed by atoms with Crippen molar-refractivity contribution in [2.75, 3.05) is 0 Å². The molecule has 0 aliphatic carbocycles. The van der Waals surface area contributed by atoms with Gasteiger partial charge in [-0.25, -0.2) is 0 Å². The number of aryl methyl sites for hydroxylation is 1. The first-order chi connectivity index (χ1) is 7.45. The lowest BCUT2D eigenvalue weighted by Gasteiger charge is -2.40. The lowest BCUT2D eigenvalue weighted by Crippen LogP contribution is -2.51. The molecule has 88 valence electrons. The van der Waals surface area contributed by atoms with Crippen LogP contribution in [0.2, 0.25) is 0 Å². The second kappa shape index (κ2) is 3.75. The Morgan fingerprint density at radius 1 is 1.44 bits per heavy atom. The van der Waals surface area contributed by atoms with Gasteiger partial charge in [0, 0.05) is 5.56 Å². The van der Waals surface area contributed by atoms with E-state index in [4.69, 9.17) is 10.5 Å². The molecule has 0 radical (unpaired) electrons. The second-order valence-electron chi connectivity index (χ2n) is 4.90. The summed E-state index contributed by atoms with van der Waals surface area (Å²) < 4.78 is 5.77. The van der Waals surface area contributed by atoms with Gasteiger partial charge < -0.3 is 15.6 Å². The van der Waals surface area contributed by atoms with E-state index >= 15 is 0 Å². The first-order valence-electron chi connectivity index (χ1n) is 5.71. The van der Waals surface area contributed by atoms with Gasteiger partial charge in [0.15, 0.2) is 0 Å². The van der Waals surface area contributed by atoms with E-state index in [1.807, 2.05) is 32.0 Å². The summed E-state index contributed by atoms with van der Waals surface area (Å²) in [5.41, 5.74) is 7.56. The van der Waals surface area contributed by atoms with Gasteiger partial charge in [-0.15, -0.1) is 0 Å². The Morgan fingerprint density at radius 3 is 2.75 bits per heavy atom. The molecule has 0 aromatic heterocycles. The van der Waals surface area contributed by atoms with Crippen molar-refractivity contribution in [2.24, 2.45) is 5.73 Å². The highest BCUT2D eigenvalue weighted by Crippen LogP contribution is 2.38. The van der Waals surface area contributed by atoms with E-state index < -0.39 is 11.7 Å². The fourth-order valence-corrected chi connectivity index (χ4v) is 2.12. The summed E-state index contributed by atoms with van der Waals surface area (Å²) in [6, 6.07) is 5.64. The van der Waals surface area contributed by atoms with Gasteiger partial charge in [-0.05, 0) is 31.9 Å². The molecule has 1 aliphatic heterocycles. The van der Waals surface area contributed by atoms with Crippen LogP contribution in [0.1, 0.15) is 37.9 Å². The van der Waals surface area contributed by atoms with Crippen LogP contribution in [-0.2, 0) is 6.42 Å². The SMILES string of the molecule is CCc1ccc2c(c1)C(N)C(O)C(C)(C)O2. The molecule has 0 fully saturated rings. The van der Waals surface area contributed by atoms with E-state index in [9.17, 15) is 5.11 Å². The summed E-state index contributed by atoms with van der Waals surface area (Å²) in [5.74, 6) is 0.792. The third kappa shape index (κ3) is 1.70. The van der Waals surface area contributed by atoms with Crippen molar-refractivity contribution in [1.82, 2.24) is 0 Å². The van der Waals surface area contributed by atoms with Gasteiger partial charge in [-0.3, -0.25) is 0 Å². The van der Waals surface area contributed by atoms with Crippen molar-refractivity contribution in [1.29, 1.82) is 0 Å². The zero-order chi connectivity index (χ0) is 11.9. The summed E-state index contributed by atoms with van der Waals surface area (Å²) in [4.78, 5) is 0. The average molecular weight is 221 g/mol. The molecule has 2 rings (SSSR count). The van der Waals surface area contributed by atoms with Crippen LogP contribution in [0, 0.1) is 0 Å². The van der Waals surface area contributed by atoms with Crippen molar-refractivity contribution in [3.05, 3.63) is 29.3 Å². The molecule has 1 aromatic carbocycles. The number of hydrogen-bond acceptors (Lipinski definition) is 3. The highest BCUT2D eigenvalue weighted by Gasteiger charge is 2.41. The Morgan fingerprint density at radius 2 is 2.12 bits per heavy atom. The second-order valence-corrected chi connectivity index (χ2v) is 4.90. The normalized spacial score (nSPS) is 27.1. The van der Waals surface area contributed by atoms with Crippen molar-refractivity contribution >= 4 is 0 Å².